The van der Waals surface area contributed by atoms with Crippen LogP contribution >= 0.6 is 24.0 Å². The number of likely N-dealkylation sites (tertiary alicyclic amines) is 1. The van der Waals surface area contributed by atoms with Crippen molar-refractivity contribution >= 4 is 40.1 Å². The Kier molecular flexibility index (Phi) is 6.22. The SMILES string of the molecule is COCCCN1C(=O)C(=CN2CCC(C(N)=O)CC2)SC1=S. The Labute approximate surface area is 140 Å². The summed E-state index contributed by atoms with van der Waals surface area (Å²) in [5.74, 6) is -0.319. The van der Waals surface area contributed by atoms with E-state index in [1.807, 2.05) is 6.20 Å². The molecule has 2 aliphatic rings. The van der Waals surface area contributed by atoms with Crippen LogP contribution in [0.3, 0.4) is 0 Å². The van der Waals surface area contributed by atoms with Crippen LogP contribution in [0, 0.1) is 5.92 Å². The fraction of sp³-hybridized carbons (Fsp3) is 0.643. The van der Waals surface area contributed by atoms with Crippen LogP contribution in [0.25, 0.3) is 0 Å². The van der Waals surface area contributed by atoms with Crippen LogP contribution < -0.4 is 5.73 Å². The summed E-state index contributed by atoms with van der Waals surface area (Å²) < 4.78 is 5.60. The van der Waals surface area contributed by atoms with Crippen molar-refractivity contribution in [1.82, 2.24) is 9.80 Å². The zero-order chi connectivity index (χ0) is 16.1. The number of amides is 2. The molecule has 0 saturated carbocycles. The third kappa shape index (κ3) is 4.21. The van der Waals surface area contributed by atoms with Gasteiger partial charge < -0.3 is 15.4 Å². The van der Waals surface area contributed by atoms with Gasteiger partial charge in [-0.05, 0) is 19.3 Å². The highest BCUT2D eigenvalue weighted by molar-refractivity contribution is 8.26. The molecule has 2 aliphatic heterocycles. The van der Waals surface area contributed by atoms with Crippen molar-refractivity contribution in [3.63, 3.8) is 0 Å². The van der Waals surface area contributed by atoms with E-state index < -0.39 is 0 Å². The Morgan fingerprint density at radius 1 is 1.50 bits per heavy atom. The van der Waals surface area contributed by atoms with Crippen LogP contribution in [0.4, 0.5) is 0 Å². The lowest BCUT2D eigenvalue weighted by atomic mass is 9.97. The molecule has 2 rings (SSSR count). The highest BCUT2D eigenvalue weighted by Gasteiger charge is 2.32. The van der Waals surface area contributed by atoms with E-state index >= 15 is 0 Å². The molecule has 122 valence electrons. The normalized spacial score (nSPS) is 22.0. The van der Waals surface area contributed by atoms with Crippen molar-refractivity contribution in [3.05, 3.63) is 11.1 Å². The molecule has 2 heterocycles. The summed E-state index contributed by atoms with van der Waals surface area (Å²) in [7, 11) is 1.64. The van der Waals surface area contributed by atoms with E-state index in [-0.39, 0.29) is 17.7 Å². The molecule has 0 atom stereocenters. The van der Waals surface area contributed by atoms with Crippen LogP contribution in [0.1, 0.15) is 19.3 Å². The average molecular weight is 343 g/mol. The number of thioether (sulfide) groups is 1. The molecule has 0 spiro atoms. The number of hydrogen-bond acceptors (Lipinski definition) is 6. The number of methoxy groups -OCH3 is 1. The van der Waals surface area contributed by atoms with Gasteiger partial charge in [0.25, 0.3) is 5.91 Å². The molecule has 0 unspecified atom stereocenters. The lowest BCUT2D eigenvalue weighted by Gasteiger charge is -2.29. The molecule has 0 aromatic carbocycles. The van der Waals surface area contributed by atoms with Crippen molar-refractivity contribution in [1.29, 1.82) is 0 Å². The molecule has 22 heavy (non-hydrogen) atoms. The lowest BCUT2D eigenvalue weighted by molar-refractivity contribution is -0.123. The molecular weight excluding hydrogens is 322 g/mol. The first kappa shape index (κ1) is 17.2. The largest absolute Gasteiger partial charge is 0.385 e. The number of thiocarbonyl (C=S) groups is 1. The molecule has 2 fully saturated rings. The van der Waals surface area contributed by atoms with Crippen molar-refractivity contribution in [3.8, 4) is 0 Å². The number of nitrogens with two attached hydrogens (primary N) is 1. The van der Waals surface area contributed by atoms with Gasteiger partial charge in [-0.2, -0.15) is 0 Å². The van der Waals surface area contributed by atoms with Gasteiger partial charge in [-0.3, -0.25) is 14.5 Å². The first-order valence-corrected chi connectivity index (χ1v) is 8.53. The summed E-state index contributed by atoms with van der Waals surface area (Å²) in [4.78, 5) is 27.9. The lowest BCUT2D eigenvalue weighted by Crippen LogP contribution is -2.36. The summed E-state index contributed by atoms with van der Waals surface area (Å²) in [6.07, 6.45) is 4.10. The summed E-state index contributed by atoms with van der Waals surface area (Å²) in [5, 5.41) is 0. The zero-order valence-corrected chi connectivity index (χ0v) is 14.3. The fourth-order valence-corrected chi connectivity index (χ4v) is 3.84. The van der Waals surface area contributed by atoms with Crippen LogP contribution in [0.2, 0.25) is 0 Å². The number of ether oxygens (including phenoxy) is 1. The third-order valence-electron chi connectivity index (χ3n) is 3.84. The predicted molar refractivity (Wildman–Crippen MR) is 90.0 cm³/mol. The minimum atomic E-state index is -0.232. The first-order valence-electron chi connectivity index (χ1n) is 7.30. The number of hydrogen-bond donors (Lipinski definition) is 1. The topological polar surface area (TPSA) is 75.9 Å². The maximum Gasteiger partial charge on any atom is 0.267 e. The Hall–Kier alpha value is -1.12. The molecular formula is C14H21N3O3S2. The fourth-order valence-electron chi connectivity index (χ4n) is 2.53. The molecule has 2 N–H and O–H groups in total. The Bertz CT molecular complexity index is 488. The second-order valence-corrected chi connectivity index (χ2v) is 7.05. The van der Waals surface area contributed by atoms with E-state index in [9.17, 15) is 9.59 Å². The van der Waals surface area contributed by atoms with E-state index in [0.717, 1.165) is 32.4 Å². The third-order valence-corrected chi connectivity index (χ3v) is 5.20. The van der Waals surface area contributed by atoms with E-state index in [0.29, 0.717) is 22.4 Å². The van der Waals surface area contributed by atoms with Gasteiger partial charge in [0.2, 0.25) is 5.91 Å². The number of piperidine rings is 1. The van der Waals surface area contributed by atoms with Gasteiger partial charge in [0.1, 0.15) is 4.32 Å². The zero-order valence-electron chi connectivity index (χ0n) is 12.6. The van der Waals surface area contributed by atoms with Gasteiger partial charge in [0.05, 0.1) is 4.91 Å². The highest BCUT2D eigenvalue weighted by atomic mass is 32.2. The first-order chi connectivity index (χ1) is 10.5. The van der Waals surface area contributed by atoms with Gasteiger partial charge in [-0.1, -0.05) is 24.0 Å². The van der Waals surface area contributed by atoms with Crippen molar-refractivity contribution < 1.29 is 14.3 Å². The highest BCUT2D eigenvalue weighted by Crippen LogP contribution is 2.32. The summed E-state index contributed by atoms with van der Waals surface area (Å²) in [6.45, 7) is 2.67. The van der Waals surface area contributed by atoms with Gasteiger partial charge in [-0.15, -0.1) is 0 Å². The number of rotatable bonds is 6. The second-order valence-electron chi connectivity index (χ2n) is 5.38. The van der Waals surface area contributed by atoms with Gasteiger partial charge in [-0.25, -0.2) is 0 Å². The summed E-state index contributed by atoms with van der Waals surface area (Å²) >= 11 is 6.61. The van der Waals surface area contributed by atoms with Crippen molar-refractivity contribution in [2.75, 3.05) is 33.4 Å². The number of nitrogens with zero attached hydrogens (tertiary/aromatic N) is 2. The molecule has 0 radical (unpaired) electrons. The Balaban J connectivity index is 1.91. The Morgan fingerprint density at radius 3 is 2.77 bits per heavy atom. The van der Waals surface area contributed by atoms with Crippen molar-refractivity contribution in [2.24, 2.45) is 11.7 Å². The maximum absolute atomic E-state index is 12.4. The molecule has 2 amide bonds. The van der Waals surface area contributed by atoms with Gasteiger partial charge >= 0.3 is 0 Å². The maximum atomic E-state index is 12.4. The van der Waals surface area contributed by atoms with Gasteiger partial charge in [0, 0.05) is 45.5 Å². The average Bonchev–Trinajstić information content (AvgIpc) is 2.75. The van der Waals surface area contributed by atoms with E-state index in [1.165, 1.54) is 11.8 Å². The van der Waals surface area contributed by atoms with Gasteiger partial charge in [0.15, 0.2) is 0 Å². The predicted octanol–water partition coefficient (Wildman–Crippen LogP) is 0.922. The Morgan fingerprint density at radius 2 is 2.18 bits per heavy atom. The van der Waals surface area contributed by atoms with E-state index in [2.05, 4.69) is 4.90 Å². The number of carbonyl (C=O) groups excluding carboxylic acids is 2. The molecule has 0 bridgehead atoms. The molecule has 8 heteroatoms. The number of carbonyl (C=O) groups is 2. The van der Waals surface area contributed by atoms with E-state index in [4.69, 9.17) is 22.7 Å². The minimum Gasteiger partial charge on any atom is -0.385 e. The second kappa shape index (κ2) is 7.94. The molecule has 0 aliphatic carbocycles. The standard InChI is InChI=1S/C14H21N3O3S2/c1-20-8-2-5-17-13(19)11(22-14(17)21)9-16-6-3-10(4-7-16)12(15)18/h9-10H,2-8H2,1H3,(H2,15,18). The molecule has 6 nitrogen and oxygen atoms in total. The van der Waals surface area contributed by atoms with Crippen LogP contribution in [0.15, 0.2) is 11.1 Å². The minimum absolute atomic E-state index is 0.0388. The summed E-state index contributed by atoms with van der Waals surface area (Å²) in [5.41, 5.74) is 5.33. The smallest absolute Gasteiger partial charge is 0.267 e. The quantitative estimate of drug-likeness (QED) is 0.439. The monoisotopic (exact) mass is 343 g/mol. The molecule has 0 aromatic rings. The van der Waals surface area contributed by atoms with Crippen LogP contribution in [0.5, 0.6) is 0 Å². The number of primary amides is 1. The van der Waals surface area contributed by atoms with Crippen molar-refractivity contribution in [2.45, 2.75) is 19.3 Å². The van der Waals surface area contributed by atoms with Crippen LogP contribution in [-0.2, 0) is 14.3 Å². The summed E-state index contributed by atoms with van der Waals surface area (Å²) in [6, 6.07) is 0. The van der Waals surface area contributed by atoms with Crippen LogP contribution in [-0.4, -0.2) is 59.3 Å². The van der Waals surface area contributed by atoms with E-state index in [1.54, 1.807) is 12.0 Å². The molecule has 2 saturated heterocycles. The molecule has 0 aromatic heterocycles.